The molecule has 0 aliphatic carbocycles. The molecule has 1 rings (SSSR count). The molecule has 8 heteroatoms. The van der Waals surface area contributed by atoms with Crippen molar-refractivity contribution in [1.82, 2.24) is 4.72 Å². The van der Waals surface area contributed by atoms with E-state index in [9.17, 15) is 13.7 Å². The Kier molecular flexibility index (Phi) is 5.72. The van der Waals surface area contributed by atoms with Gasteiger partial charge in [0.1, 0.15) is 10.6 Å². The number of carboxylic acids is 1. The molecule has 0 spiro atoms. The summed E-state index contributed by atoms with van der Waals surface area (Å²) < 4.78 is 28.0. The third-order valence-electron chi connectivity index (χ3n) is 3.10. The number of rotatable bonds is 5. The van der Waals surface area contributed by atoms with Crippen molar-refractivity contribution in [3.05, 3.63) is 28.5 Å². The molecular weight excluding hydrogens is 331 g/mol. The van der Waals surface area contributed by atoms with Gasteiger partial charge in [-0.15, -0.1) is 4.72 Å². The summed E-state index contributed by atoms with van der Waals surface area (Å²) >= 11 is 4.52. The van der Waals surface area contributed by atoms with E-state index in [0.29, 0.717) is 0 Å². The fourth-order valence-electron chi connectivity index (χ4n) is 1.84. The van der Waals surface area contributed by atoms with Gasteiger partial charge in [0.2, 0.25) is 0 Å². The van der Waals surface area contributed by atoms with Crippen LogP contribution in [0.2, 0.25) is 5.02 Å². The molecule has 0 heterocycles. The Morgan fingerprint density at radius 2 is 2.00 bits per heavy atom. The van der Waals surface area contributed by atoms with E-state index in [1.807, 2.05) is 0 Å². The minimum Gasteiger partial charge on any atom is -0.598 e. The highest BCUT2D eigenvalue weighted by atomic mass is 35.5. The lowest BCUT2D eigenvalue weighted by Gasteiger charge is -2.35. The number of carbonyl (C=O) groups is 1. The zero-order chi connectivity index (χ0) is 17.3. The smallest absolute Gasteiger partial charge is 0.305 e. The molecule has 0 radical (unpaired) electrons. The van der Waals surface area contributed by atoms with Gasteiger partial charge in [-0.05, 0) is 39.3 Å². The summed E-state index contributed by atoms with van der Waals surface area (Å²) in [5.74, 6) is -1.80. The van der Waals surface area contributed by atoms with E-state index in [1.54, 1.807) is 27.7 Å². The Bertz CT molecular complexity index is 580. The highest BCUT2D eigenvalue weighted by Crippen LogP contribution is 2.37. The monoisotopic (exact) mass is 350 g/mol. The van der Waals surface area contributed by atoms with Gasteiger partial charge in [-0.3, -0.25) is 4.79 Å². The summed E-state index contributed by atoms with van der Waals surface area (Å²) in [6.45, 7) is 6.79. The predicted molar refractivity (Wildman–Crippen MR) is 86.5 cm³/mol. The van der Waals surface area contributed by atoms with Crippen LogP contribution >= 0.6 is 11.6 Å². The van der Waals surface area contributed by atoms with Crippen LogP contribution in [0.1, 0.15) is 39.7 Å². The third-order valence-corrected chi connectivity index (χ3v) is 5.26. The summed E-state index contributed by atoms with van der Waals surface area (Å²) in [5.41, 5.74) is 4.33. The molecule has 0 amide bonds. The summed E-state index contributed by atoms with van der Waals surface area (Å²) in [5, 5.41) is 9.07. The molecule has 1 aromatic carbocycles. The molecule has 4 N–H and O–H groups in total. The van der Waals surface area contributed by atoms with Gasteiger partial charge in [0.25, 0.3) is 0 Å². The normalized spacial score (nSPS) is 16.1. The number of carboxylic acid groups (broad SMARTS) is 1. The third kappa shape index (κ3) is 4.25. The van der Waals surface area contributed by atoms with Crippen LogP contribution in [0.4, 0.5) is 10.1 Å². The minimum atomic E-state index is -1.55. The van der Waals surface area contributed by atoms with Gasteiger partial charge >= 0.3 is 5.97 Å². The Labute approximate surface area is 137 Å². The summed E-state index contributed by atoms with van der Waals surface area (Å²) in [6, 6.07) is 2.46. The number of benzene rings is 1. The maximum atomic E-state index is 13.5. The zero-order valence-corrected chi connectivity index (χ0v) is 14.4. The van der Waals surface area contributed by atoms with E-state index in [0.717, 1.165) is 6.07 Å². The predicted octanol–water partition coefficient (Wildman–Crippen LogP) is 2.80. The van der Waals surface area contributed by atoms with Crippen LogP contribution in [0, 0.1) is 5.82 Å². The van der Waals surface area contributed by atoms with E-state index in [4.69, 9.17) is 22.4 Å². The molecule has 0 saturated carbocycles. The number of hydrogen-bond donors (Lipinski definition) is 3. The molecule has 0 aromatic heterocycles. The van der Waals surface area contributed by atoms with Crippen LogP contribution in [0.25, 0.3) is 0 Å². The highest BCUT2D eigenvalue weighted by molar-refractivity contribution is 7.90. The van der Waals surface area contributed by atoms with E-state index >= 15 is 0 Å². The molecule has 0 saturated heterocycles. The topological polar surface area (TPSA) is 98.4 Å². The molecule has 0 fully saturated rings. The van der Waals surface area contributed by atoms with Gasteiger partial charge in [-0.2, -0.15) is 0 Å². The average Bonchev–Trinajstić information content (AvgIpc) is 2.33. The van der Waals surface area contributed by atoms with Gasteiger partial charge in [-0.25, -0.2) is 4.39 Å². The Morgan fingerprint density at radius 1 is 1.45 bits per heavy atom. The molecule has 5 nitrogen and oxygen atoms in total. The number of anilines is 1. The van der Waals surface area contributed by atoms with Crippen LogP contribution in [0.15, 0.2) is 12.1 Å². The van der Waals surface area contributed by atoms with Crippen LogP contribution in [-0.4, -0.2) is 20.4 Å². The molecule has 2 atom stereocenters. The summed E-state index contributed by atoms with van der Waals surface area (Å²) in [7, 11) is 0. The largest absolute Gasteiger partial charge is 0.598 e. The first-order chi connectivity index (χ1) is 9.88. The molecule has 1 aromatic rings. The second-order valence-corrected chi connectivity index (χ2v) is 8.55. The fraction of sp³-hybridized carbons (Fsp3) is 0.500. The molecule has 22 heavy (non-hydrogen) atoms. The van der Waals surface area contributed by atoms with Crippen molar-refractivity contribution < 1.29 is 18.8 Å². The Morgan fingerprint density at radius 3 is 2.45 bits per heavy atom. The number of halogens is 2. The van der Waals surface area contributed by atoms with Crippen molar-refractivity contribution in [1.29, 1.82) is 0 Å². The van der Waals surface area contributed by atoms with Gasteiger partial charge in [-0.1, -0.05) is 17.7 Å². The first-order valence-electron chi connectivity index (χ1n) is 6.54. The quantitative estimate of drug-likeness (QED) is 0.560. The van der Waals surface area contributed by atoms with Crippen molar-refractivity contribution in [2.45, 2.75) is 44.4 Å². The Balaban J connectivity index is 3.34. The van der Waals surface area contributed by atoms with Gasteiger partial charge in [0.05, 0.1) is 22.7 Å². The Hall–Kier alpha value is -1.02. The molecule has 0 aliphatic heterocycles. The standard InChI is InChI=1S/C14H20ClFN2O3S/c1-13(2,3)22(21)18-14(4,7-10(19)20)8-5-6-9(16)12(17)11(8)15/h5-6,18H,7,17H2,1-4H3,(H,19,20)/t14?,22-/m1/s1. The van der Waals surface area contributed by atoms with Crippen LogP contribution in [0.3, 0.4) is 0 Å². The van der Waals surface area contributed by atoms with E-state index in [1.165, 1.54) is 6.07 Å². The minimum absolute atomic E-state index is 0.0813. The van der Waals surface area contributed by atoms with Crippen molar-refractivity contribution >= 4 is 34.6 Å². The van der Waals surface area contributed by atoms with Crippen molar-refractivity contribution in [2.75, 3.05) is 5.73 Å². The number of aliphatic carboxylic acids is 1. The molecule has 0 bridgehead atoms. The van der Waals surface area contributed by atoms with E-state index < -0.39 is 33.4 Å². The number of nitrogens with one attached hydrogen (secondary N) is 1. The fourth-order valence-corrected chi connectivity index (χ4v) is 3.10. The second kappa shape index (κ2) is 6.62. The summed E-state index contributed by atoms with van der Waals surface area (Å²) in [4.78, 5) is 11.2. The van der Waals surface area contributed by atoms with Gasteiger partial charge < -0.3 is 15.4 Å². The lowest BCUT2D eigenvalue weighted by Crippen LogP contribution is -2.51. The van der Waals surface area contributed by atoms with Crippen LogP contribution in [-0.2, 0) is 21.7 Å². The van der Waals surface area contributed by atoms with Gasteiger partial charge in [0, 0.05) is 11.4 Å². The molecule has 1 unspecified atom stereocenters. The van der Waals surface area contributed by atoms with Crippen molar-refractivity contribution in [3.8, 4) is 0 Å². The number of hydrogen-bond acceptors (Lipinski definition) is 4. The highest BCUT2D eigenvalue weighted by Gasteiger charge is 2.40. The van der Waals surface area contributed by atoms with E-state index in [2.05, 4.69) is 4.72 Å². The van der Waals surface area contributed by atoms with E-state index in [-0.39, 0.29) is 22.7 Å². The van der Waals surface area contributed by atoms with Crippen molar-refractivity contribution in [3.63, 3.8) is 0 Å². The van der Waals surface area contributed by atoms with Crippen LogP contribution in [0.5, 0.6) is 0 Å². The van der Waals surface area contributed by atoms with Crippen molar-refractivity contribution in [2.24, 2.45) is 0 Å². The maximum absolute atomic E-state index is 13.5. The average molecular weight is 351 g/mol. The lowest BCUT2D eigenvalue weighted by atomic mass is 9.89. The number of nitrogens with two attached hydrogens (primary N) is 1. The lowest BCUT2D eigenvalue weighted by molar-refractivity contribution is -0.138. The maximum Gasteiger partial charge on any atom is 0.305 e. The summed E-state index contributed by atoms with van der Waals surface area (Å²) in [6.07, 6.45) is -0.389. The number of nitrogen functional groups attached to an aromatic ring is 1. The van der Waals surface area contributed by atoms with Gasteiger partial charge in [0.15, 0.2) is 0 Å². The molecule has 124 valence electrons. The second-order valence-electron chi connectivity index (χ2n) is 6.21. The first-order valence-corrected chi connectivity index (χ1v) is 8.06. The molecule has 0 aliphatic rings. The first kappa shape index (κ1) is 19.0. The van der Waals surface area contributed by atoms with Crippen LogP contribution < -0.4 is 10.5 Å². The molecular formula is C14H20ClFN2O3S. The zero-order valence-electron chi connectivity index (χ0n) is 12.9. The SMILES string of the molecule is CC(CC(=O)O)(N[S@+]([O-])C(C)(C)C)c1ccc(F)c(N)c1Cl.